The van der Waals surface area contributed by atoms with E-state index in [4.69, 9.17) is 9.47 Å². The van der Waals surface area contributed by atoms with Crippen LogP contribution in [0.3, 0.4) is 0 Å². The predicted octanol–water partition coefficient (Wildman–Crippen LogP) is 2.70. The van der Waals surface area contributed by atoms with Crippen molar-refractivity contribution >= 4 is 27.8 Å². The summed E-state index contributed by atoms with van der Waals surface area (Å²) < 4.78 is 10.9. The average Bonchev–Trinajstić information content (AvgIpc) is 2.51. The van der Waals surface area contributed by atoms with Crippen molar-refractivity contribution in [2.75, 3.05) is 14.2 Å². The number of methoxy groups -OCH3 is 2. The van der Waals surface area contributed by atoms with Gasteiger partial charge in [0.05, 0.1) is 14.2 Å². The Labute approximate surface area is 137 Å². The van der Waals surface area contributed by atoms with Crippen LogP contribution in [-0.2, 0) is 4.79 Å². The number of amides is 1. The zero-order chi connectivity index (χ0) is 16.9. The number of carboxylic acid groups (broad SMARTS) is 1. The van der Waals surface area contributed by atoms with Gasteiger partial charge >= 0.3 is 5.97 Å². The number of carbonyl (C=O) groups excluding carboxylic acids is 1. The number of carboxylic acids is 1. The molecule has 22 heavy (non-hydrogen) atoms. The zero-order valence-electron chi connectivity index (χ0n) is 13.0. The minimum atomic E-state index is -1.06. The minimum Gasteiger partial charge on any atom is -0.495 e. The number of nitrogens with one attached hydrogen (secondary N) is 1. The van der Waals surface area contributed by atoms with Crippen LogP contribution < -0.4 is 14.8 Å². The number of aliphatic carboxylic acids is 1. The molecule has 0 aliphatic rings. The molecule has 7 heteroatoms. The molecule has 1 rings (SSSR count). The molecule has 0 saturated carbocycles. The van der Waals surface area contributed by atoms with E-state index in [1.807, 2.05) is 6.92 Å². The molecule has 1 aromatic rings. The van der Waals surface area contributed by atoms with Crippen molar-refractivity contribution in [2.24, 2.45) is 5.92 Å². The Balaban J connectivity index is 3.09. The van der Waals surface area contributed by atoms with E-state index < -0.39 is 17.9 Å². The lowest BCUT2D eigenvalue weighted by atomic mass is 9.99. The first-order valence-electron chi connectivity index (χ1n) is 6.80. The maximum absolute atomic E-state index is 12.3. The van der Waals surface area contributed by atoms with E-state index in [1.165, 1.54) is 26.4 Å². The molecule has 1 amide bonds. The normalized spacial score (nSPS) is 13.1. The van der Waals surface area contributed by atoms with E-state index in [1.54, 1.807) is 6.92 Å². The Morgan fingerprint density at radius 2 is 1.77 bits per heavy atom. The lowest BCUT2D eigenvalue weighted by molar-refractivity contribution is -0.140. The van der Waals surface area contributed by atoms with Crippen molar-refractivity contribution in [3.05, 3.63) is 22.2 Å². The van der Waals surface area contributed by atoms with E-state index in [0.29, 0.717) is 22.4 Å². The molecule has 6 nitrogen and oxygen atoms in total. The van der Waals surface area contributed by atoms with Gasteiger partial charge in [-0.25, -0.2) is 4.79 Å². The Morgan fingerprint density at radius 1 is 1.27 bits per heavy atom. The summed E-state index contributed by atoms with van der Waals surface area (Å²) in [6.07, 6.45) is 0.643. The highest BCUT2D eigenvalue weighted by molar-refractivity contribution is 9.10. The van der Waals surface area contributed by atoms with E-state index in [9.17, 15) is 14.7 Å². The topological polar surface area (TPSA) is 84.9 Å². The van der Waals surface area contributed by atoms with Crippen LogP contribution in [0.1, 0.15) is 30.6 Å². The van der Waals surface area contributed by atoms with Crippen LogP contribution in [0.5, 0.6) is 11.5 Å². The Bertz CT molecular complexity index is 536. The summed E-state index contributed by atoms with van der Waals surface area (Å²) in [5.74, 6) is -0.865. The van der Waals surface area contributed by atoms with Crippen molar-refractivity contribution in [1.29, 1.82) is 0 Å². The number of benzene rings is 1. The standard InChI is InChI=1S/C15H20BrNO5/c1-5-8(2)13(15(19)20)17-14(18)9-6-10(21-3)12(16)11(7-9)22-4/h6-8,13H,5H2,1-4H3,(H,17,18)(H,19,20). The molecule has 0 radical (unpaired) electrons. The van der Waals surface area contributed by atoms with E-state index in [0.717, 1.165) is 0 Å². The van der Waals surface area contributed by atoms with Gasteiger partial charge < -0.3 is 19.9 Å². The van der Waals surface area contributed by atoms with Crippen molar-refractivity contribution in [2.45, 2.75) is 26.3 Å². The Kier molecular flexibility index (Phi) is 6.67. The van der Waals surface area contributed by atoms with Crippen molar-refractivity contribution in [3.8, 4) is 11.5 Å². The van der Waals surface area contributed by atoms with Crippen LogP contribution in [0.4, 0.5) is 0 Å². The second-order valence-corrected chi connectivity index (χ2v) is 5.66. The minimum absolute atomic E-state index is 0.180. The van der Waals surface area contributed by atoms with Crippen LogP contribution in [-0.4, -0.2) is 37.2 Å². The molecule has 0 aliphatic carbocycles. The van der Waals surface area contributed by atoms with Crippen molar-refractivity contribution < 1.29 is 24.2 Å². The molecule has 0 aliphatic heterocycles. The monoisotopic (exact) mass is 373 g/mol. The smallest absolute Gasteiger partial charge is 0.326 e. The molecular formula is C15H20BrNO5. The third kappa shape index (κ3) is 4.13. The first-order chi connectivity index (χ1) is 10.3. The molecular weight excluding hydrogens is 354 g/mol. The summed E-state index contributed by atoms with van der Waals surface area (Å²) in [6, 6.07) is 2.10. The Morgan fingerprint density at radius 3 is 2.14 bits per heavy atom. The number of carbonyl (C=O) groups is 2. The second-order valence-electron chi connectivity index (χ2n) is 4.87. The second kappa shape index (κ2) is 8.03. The van der Waals surface area contributed by atoms with Crippen molar-refractivity contribution in [1.82, 2.24) is 5.32 Å². The largest absolute Gasteiger partial charge is 0.495 e. The zero-order valence-corrected chi connectivity index (χ0v) is 14.6. The summed E-state index contributed by atoms with van der Waals surface area (Å²) in [5, 5.41) is 11.8. The average molecular weight is 374 g/mol. The van der Waals surface area contributed by atoms with Gasteiger partial charge in [-0.1, -0.05) is 20.3 Å². The molecule has 122 valence electrons. The van der Waals surface area contributed by atoms with Gasteiger partial charge in [-0.15, -0.1) is 0 Å². The Hall–Kier alpha value is -1.76. The summed E-state index contributed by atoms with van der Waals surface area (Å²) in [5.41, 5.74) is 0.270. The van der Waals surface area contributed by atoms with Crippen LogP contribution in [0, 0.1) is 5.92 Å². The number of halogens is 1. The summed E-state index contributed by atoms with van der Waals surface area (Å²) in [4.78, 5) is 23.6. The first kappa shape index (κ1) is 18.3. The van der Waals surface area contributed by atoms with E-state index in [2.05, 4.69) is 21.2 Å². The first-order valence-corrected chi connectivity index (χ1v) is 7.60. The highest BCUT2D eigenvalue weighted by atomic mass is 79.9. The summed E-state index contributed by atoms with van der Waals surface area (Å²) >= 11 is 3.32. The third-order valence-electron chi connectivity index (χ3n) is 3.47. The molecule has 0 heterocycles. The summed E-state index contributed by atoms with van der Waals surface area (Å²) in [6.45, 7) is 3.65. The molecule has 2 N–H and O–H groups in total. The lowest BCUT2D eigenvalue weighted by Gasteiger charge is -2.20. The van der Waals surface area contributed by atoms with Gasteiger partial charge in [0.15, 0.2) is 0 Å². The molecule has 1 aromatic carbocycles. The molecule has 0 spiro atoms. The maximum Gasteiger partial charge on any atom is 0.326 e. The van der Waals surface area contributed by atoms with Gasteiger partial charge in [-0.2, -0.15) is 0 Å². The fraction of sp³-hybridized carbons (Fsp3) is 0.467. The van der Waals surface area contributed by atoms with Crippen LogP contribution in [0.15, 0.2) is 16.6 Å². The maximum atomic E-state index is 12.3. The van der Waals surface area contributed by atoms with Gasteiger partial charge in [0.1, 0.15) is 22.0 Å². The molecule has 2 atom stereocenters. The van der Waals surface area contributed by atoms with Gasteiger partial charge in [0.25, 0.3) is 5.91 Å². The quantitative estimate of drug-likeness (QED) is 0.767. The number of ether oxygens (including phenoxy) is 2. The van der Waals surface area contributed by atoms with Crippen LogP contribution >= 0.6 is 15.9 Å². The van der Waals surface area contributed by atoms with Crippen molar-refractivity contribution in [3.63, 3.8) is 0 Å². The van der Waals surface area contributed by atoms with Gasteiger partial charge in [0, 0.05) is 5.56 Å². The van der Waals surface area contributed by atoms with Gasteiger partial charge in [-0.3, -0.25) is 4.79 Å². The highest BCUT2D eigenvalue weighted by Crippen LogP contribution is 2.35. The summed E-state index contributed by atoms with van der Waals surface area (Å²) in [7, 11) is 2.95. The number of rotatable bonds is 7. The van der Waals surface area contributed by atoms with Crippen LogP contribution in [0.25, 0.3) is 0 Å². The SMILES string of the molecule is CCC(C)C(NC(=O)c1cc(OC)c(Br)c(OC)c1)C(=O)O. The van der Waals surface area contributed by atoms with Crippen LogP contribution in [0.2, 0.25) is 0 Å². The van der Waals surface area contributed by atoms with E-state index >= 15 is 0 Å². The molecule has 2 unspecified atom stereocenters. The van der Waals surface area contributed by atoms with Gasteiger partial charge in [-0.05, 0) is 34.0 Å². The number of hydrogen-bond acceptors (Lipinski definition) is 4. The fourth-order valence-corrected chi connectivity index (χ4v) is 2.46. The molecule has 0 fully saturated rings. The number of hydrogen-bond donors (Lipinski definition) is 2. The molecule has 0 saturated heterocycles. The highest BCUT2D eigenvalue weighted by Gasteiger charge is 2.26. The third-order valence-corrected chi connectivity index (χ3v) is 4.26. The molecule has 0 aromatic heterocycles. The fourth-order valence-electron chi connectivity index (χ4n) is 1.91. The van der Waals surface area contributed by atoms with E-state index in [-0.39, 0.29) is 11.5 Å². The molecule has 0 bridgehead atoms. The lowest BCUT2D eigenvalue weighted by Crippen LogP contribution is -2.45. The predicted molar refractivity (Wildman–Crippen MR) is 85.6 cm³/mol. The van der Waals surface area contributed by atoms with Gasteiger partial charge in [0.2, 0.25) is 0 Å².